The summed E-state index contributed by atoms with van der Waals surface area (Å²) in [5.74, 6) is -0.0447. The highest BCUT2D eigenvalue weighted by Crippen LogP contribution is 2.29. The van der Waals surface area contributed by atoms with Crippen LogP contribution in [0.5, 0.6) is 0 Å². The number of piperidine rings is 1. The number of rotatable bonds is 5. The molecule has 2 aromatic carbocycles. The van der Waals surface area contributed by atoms with Gasteiger partial charge in [0.05, 0.1) is 5.92 Å². The Bertz CT molecular complexity index is 981. The number of likely N-dealkylation sites (tertiary alicyclic amines) is 1. The molecule has 2 aliphatic heterocycles. The minimum absolute atomic E-state index is 0.00682. The summed E-state index contributed by atoms with van der Waals surface area (Å²) in [7, 11) is 0. The summed E-state index contributed by atoms with van der Waals surface area (Å²) in [6.07, 6.45) is 1.54. The van der Waals surface area contributed by atoms with E-state index in [9.17, 15) is 14.4 Å². The molecule has 3 amide bonds. The van der Waals surface area contributed by atoms with Crippen molar-refractivity contribution in [2.24, 2.45) is 11.8 Å². The largest absolute Gasteiger partial charge is 0.342 e. The lowest BCUT2D eigenvalue weighted by Gasteiger charge is -2.33. The fraction of sp³-hybridized carbons (Fsp3) is 0.423. The molecule has 4 rings (SSSR count). The van der Waals surface area contributed by atoms with Crippen LogP contribution in [0.25, 0.3) is 0 Å². The Hall–Kier alpha value is -3.15. The molecule has 0 spiro atoms. The Kier molecular flexibility index (Phi) is 6.58. The minimum Gasteiger partial charge on any atom is -0.342 e. The molecule has 1 N–H and O–H groups in total. The van der Waals surface area contributed by atoms with Crippen molar-refractivity contribution in [1.29, 1.82) is 0 Å². The number of carbonyl (C=O) groups is 3. The van der Waals surface area contributed by atoms with Gasteiger partial charge in [0, 0.05) is 43.3 Å². The molecule has 2 heterocycles. The molecule has 32 heavy (non-hydrogen) atoms. The molecule has 1 unspecified atom stereocenters. The smallest absolute Gasteiger partial charge is 0.228 e. The van der Waals surface area contributed by atoms with Crippen LogP contribution in [0.4, 0.5) is 11.4 Å². The van der Waals surface area contributed by atoms with Crippen molar-refractivity contribution in [3.63, 3.8) is 0 Å². The van der Waals surface area contributed by atoms with Crippen molar-refractivity contribution in [3.05, 3.63) is 60.2 Å². The van der Waals surface area contributed by atoms with Gasteiger partial charge in [0.15, 0.2) is 0 Å². The number of hydrogen-bond acceptors (Lipinski definition) is 3. The van der Waals surface area contributed by atoms with Gasteiger partial charge >= 0.3 is 0 Å². The molecule has 1 atom stereocenters. The van der Waals surface area contributed by atoms with Gasteiger partial charge < -0.3 is 15.1 Å². The lowest BCUT2D eigenvalue weighted by Crippen LogP contribution is -2.44. The molecule has 168 valence electrons. The van der Waals surface area contributed by atoms with E-state index in [1.165, 1.54) is 0 Å². The second-order valence-electron chi connectivity index (χ2n) is 9.07. The maximum absolute atomic E-state index is 13.1. The fourth-order valence-electron chi connectivity index (χ4n) is 4.70. The van der Waals surface area contributed by atoms with Crippen molar-refractivity contribution in [2.45, 2.75) is 39.0 Å². The molecular formula is C26H31N3O3. The molecule has 0 bridgehead atoms. The lowest BCUT2D eigenvalue weighted by atomic mass is 9.94. The molecule has 2 aliphatic rings. The summed E-state index contributed by atoms with van der Waals surface area (Å²) in [4.78, 5) is 41.9. The van der Waals surface area contributed by atoms with Crippen molar-refractivity contribution < 1.29 is 14.4 Å². The number of amides is 3. The van der Waals surface area contributed by atoms with Gasteiger partial charge in [-0.1, -0.05) is 50.2 Å². The van der Waals surface area contributed by atoms with Crippen molar-refractivity contribution in [2.75, 3.05) is 29.9 Å². The first kappa shape index (κ1) is 22.1. The second kappa shape index (κ2) is 9.55. The van der Waals surface area contributed by atoms with Crippen molar-refractivity contribution in [1.82, 2.24) is 4.90 Å². The van der Waals surface area contributed by atoms with Crippen molar-refractivity contribution in [3.8, 4) is 0 Å². The molecule has 0 saturated carbocycles. The maximum atomic E-state index is 13.1. The number of nitrogens with one attached hydrogen (secondary N) is 1. The van der Waals surface area contributed by atoms with E-state index in [0.29, 0.717) is 38.4 Å². The Labute approximate surface area is 189 Å². The Balaban J connectivity index is 1.31. The van der Waals surface area contributed by atoms with E-state index < -0.39 is 0 Å². The summed E-state index contributed by atoms with van der Waals surface area (Å²) < 4.78 is 0. The highest BCUT2D eigenvalue weighted by Gasteiger charge is 2.38. The normalized spacial score (nSPS) is 19.5. The first-order valence-corrected chi connectivity index (χ1v) is 11.5. The van der Waals surface area contributed by atoms with E-state index in [4.69, 9.17) is 0 Å². The summed E-state index contributed by atoms with van der Waals surface area (Å²) in [5.41, 5.74) is 2.84. The van der Waals surface area contributed by atoms with E-state index in [0.717, 1.165) is 16.9 Å². The average Bonchev–Trinajstić information content (AvgIpc) is 3.21. The molecule has 2 saturated heterocycles. The predicted molar refractivity (Wildman–Crippen MR) is 125 cm³/mol. The summed E-state index contributed by atoms with van der Waals surface area (Å²) in [5, 5.41) is 3.10. The molecule has 2 fully saturated rings. The minimum atomic E-state index is -0.314. The number of benzene rings is 2. The highest BCUT2D eigenvalue weighted by atomic mass is 16.2. The summed E-state index contributed by atoms with van der Waals surface area (Å²) in [6.45, 7) is 5.76. The van der Waals surface area contributed by atoms with Gasteiger partial charge in [-0.15, -0.1) is 0 Å². The first-order valence-electron chi connectivity index (χ1n) is 11.5. The molecule has 6 nitrogen and oxygen atoms in total. The molecule has 2 aromatic rings. The monoisotopic (exact) mass is 433 g/mol. The Morgan fingerprint density at radius 3 is 2.28 bits per heavy atom. The third-order valence-electron chi connectivity index (χ3n) is 6.56. The van der Waals surface area contributed by atoms with Gasteiger partial charge in [0.25, 0.3) is 0 Å². The average molecular weight is 434 g/mol. The van der Waals surface area contributed by atoms with Crippen molar-refractivity contribution >= 4 is 29.1 Å². The van der Waals surface area contributed by atoms with E-state index in [1.54, 1.807) is 4.90 Å². The third kappa shape index (κ3) is 4.69. The van der Waals surface area contributed by atoms with E-state index in [-0.39, 0.29) is 36.0 Å². The molecule has 0 aromatic heterocycles. The van der Waals surface area contributed by atoms with Gasteiger partial charge in [-0.2, -0.15) is 0 Å². The van der Waals surface area contributed by atoms with Gasteiger partial charge in [0.2, 0.25) is 17.7 Å². The zero-order valence-corrected chi connectivity index (χ0v) is 18.8. The molecular weight excluding hydrogens is 402 g/mol. The lowest BCUT2D eigenvalue weighted by molar-refractivity contribution is -0.138. The first-order chi connectivity index (χ1) is 15.4. The van der Waals surface area contributed by atoms with Crippen LogP contribution >= 0.6 is 0 Å². The van der Waals surface area contributed by atoms with Gasteiger partial charge in [-0.05, 0) is 42.5 Å². The third-order valence-corrected chi connectivity index (χ3v) is 6.56. The Morgan fingerprint density at radius 1 is 0.938 bits per heavy atom. The number of nitrogens with zero attached hydrogens (tertiary/aromatic N) is 2. The van der Waals surface area contributed by atoms with Crippen LogP contribution in [-0.4, -0.2) is 42.3 Å². The second-order valence-corrected chi connectivity index (χ2v) is 9.07. The topological polar surface area (TPSA) is 69.7 Å². The zero-order valence-electron chi connectivity index (χ0n) is 18.8. The van der Waals surface area contributed by atoms with Crippen LogP contribution < -0.4 is 10.2 Å². The summed E-state index contributed by atoms with van der Waals surface area (Å²) >= 11 is 0. The van der Waals surface area contributed by atoms with Gasteiger partial charge in [0.1, 0.15) is 0 Å². The molecule has 0 radical (unpaired) electrons. The molecule has 6 heteroatoms. The molecule has 0 aliphatic carbocycles. The van der Waals surface area contributed by atoms with E-state index in [2.05, 4.69) is 19.2 Å². The predicted octanol–water partition coefficient (Wildman–Crippen LogP) is 4.04. The van der Waals surface area contributed by atoms with Gasteiger partial charge in [-0.3, -0.25) is 14.4 Å². The van der Waals surface area contributed by atoms with Crippen LogP contribution in [0, 0.1) is 11.8 Å². The number of anilines is 2. The van der Waals surface area contributed by atoms with E-state index >= 15 is 0 Å². The Morgan fingerprint density at radius 2 is 1.59 bits per heavy atom. The van der Waals surface area contributed by atoms with Crippen LogP contribution in [0.2, 0.25) is 0 Å². The van der Waals surface area contributed by atoms with Crippen LogP contribution in [0.3, 0.4) is 0 Å². The summed E-state index contributed by atoms with van der Waals surface area (Å²) in [6, 6.07) is 17.4. The maximum Gasteiger partial charge on any atom is 0.228 e. The number of carbonyl (C=O) groups excluding carboxylic acids is 3. The van der Waals surface area contributed by atoms with E-state index in [1.807, 2.05) is 59.5 Å². The quantitative estimate of drug-likeness (QED) is 0.774. The zero-order chi connectivity index (χ0) is 22.7. The standard InChI is InChI=1S/C26H31N3O3/c1-18(2)22-10-6-7-11-23(22)27-25(31)19-12-14-28(15-13-19)26(32)20-16-24(30)29(17-20)21-8-4-3-5-9-21/h3-11,18-20H,12-17H2,1-2H3,(H,27,31). The van der Waals surface area contributed by atoms with Crippen LogP contribution in [-0.2, 0) is 14.4 Å². The highest BCUT2D eigenvalue weighted by molar-refractivity contribution is 6.00. The number of hydrogen-bond donors (Lipinski definition) is 1. The SMILES string of the molecule is CC(C)c1ccccc1NC(=O)C1CCN(C(=O)C2CC(=O)N(c3ccccc3)C2)CC1. The van der Waals surface area contributed by atoms with Crippen LogP contribution in [0.1, 0.15) is 44.6 Å². The fourth-order valence-corrected chi connectivity index (χ4v) is 4.70. The van der Waals surface area contributed by atoms with Crippen LogP contribution in [0.15, 0.2) is 54.6 Å². The number of para-hydroxylation sites is 2. The van der Waals surface area contributed by atoms with Gasteiger partial charge in [-0.25, -0.2) is 0 Å².